The van der Waals surface area contributed by atoms with Gasteiger partial charge in [0.25, 0.3) is 0 Å². The van der Waals surface area contributed by atoms with Crippen LogP contribution in [-0.2, 0) is 6.54 Å². The molecule has 19 heavy (non-hydrogen) atoms. The van der Waals surface area contributed by atoms with Crippen LogP contribution in [0.2, 0.25) is 0 Å². The van der Waals surface area contributed by atoms with Crippen LogP contribution >= 0.6 is 0 Å². The first-order valence-corrected chi connectivity index (χ1v) is 7.27. The maximum Gasteiger partial charge on any atom is 0.137 e. The van der Waals surface area contributed by atoms with E-state index in [0.717, 1.165) is 18.7 Å². The molecule has 0 atom stereocenters. The van der Waals surface area contributed by atoms with Crippen LogP contribution in [0.4, 0.5) is 0 Å². The molecule has 2 N–H and O–H groups in total. The highest BCUT2D eigenvalue weighted by Crippen LogP contribution is 2.15. The zero-order chi connectivity index (χ0) is 12.9. The third-order valence-corrected chi connectivity index (χ3v) is 3.88. The van der Waals surface area contributed by atoms with E-state index in [1.807, 2.05) is 12.3 Å². The lowest BCUT2D eigenvalue weighted by Gasteiger charge is -2.14. The molecule has 2 aromatic heterocycles. The maximum absolute atomic E-state index is 4.31. The predicted octanol–water partition coefficient (Wildman–Crippen LogP) is 2.14. The largest absolute Gasteiger partial charge is 0.346 e. The number of aromatic amines is 1. The van der Waals surface area contributed by atoms with Gasteiger partial charge in [-0.25, -0.2) is 4.98 Å². The summed E-state index contributed by atoms with van der Waals surface area (Å²) in [6, 6.07) is 4.12. The molecular weight excluding hydrogens is 236 g/mol. The second-order valence-corrected chi connectivity index (χ2v) is 5.29. The molecule has 0 spiro atoms. The van der Waals surface area contributed by atoms with Gasteiger partial charge < -0.3 is 15.2 Å². The molecule has 2 aromatic rings. The summed E-state index contributed by atoms with van der Waals surface area (Å²) in [6.07, 6.45) is 7.89. The number of likely N-dealkylation sites (tertiary alicyclic amines) is 1. The molecule has 1 saturated heterocycles. The fraction of sp³-hybridized carbons (Fsp3) is 0.533. The molecule has 1 aliphatic heterocycles. The van der Waals surface area contributed by atoms with E-state index in [-0.39, 0.29) is 0 Å². The van der Waals surface area contributed by atoms with Gasteiger partial charge in [-0.3, -0.25) is 0 Å². The smallest absolute Gasteiger partial charge is 0.137 e. The molecule has 1 aliphatic rings. The van der Waals surface area contributed by atoms with Crippen molar-refractivity contribution in [1.29, 1.82) is 0 Å². The summed E-state index contributed by atoms with van der Waals surface area (Å²) in [6.45, 7) is 5.85. The predicted molar refractivity (Wildman–Crippen MR) is 78.1 cm³/mol. The van der Waals surface area contributed by atoms with Gasteiger partial charge in [-0.1, -0.05) is 0 Å². The van der Waals surface area contributed by atoms with E-state index in [1.165, 1.54) is 49.8 Å². The summed E-state index contributed by atoms with van der Waals surface area (Å²) in [7, 11) is 0. The molecule has 0 saturated carbocycles. The second kappa shape index (κ2) is 6.17. The molecule has 102 valence electrons. The van der Waals surface area contributed by atoms with Crippen molar-refractivity contribution in [2.24, 2.45) is 0 Å². The van der Waals surface area contributed by atoms with Crippen molar-refractivity contribution in [3.8, 4) is 0 Å². The van der Waals surface area contributed by atoms with Crippen LogP contribution in [0, 0.1) is 0 Å². The van der Waals surface area contributed by atoms with Crippen LogP contribution in [0.15, 0.2) is 24.5 Å². The lowest BCUT2D eigenvalue weighted by atomic mass is 10.2. The Bertz CT molecular complexity index is 514. The summed E-state index contributed by atoms with van der Waals surface area (Å²) in [5, 5.41) is 4.76. The molecule has 0 aromatic carbocycles. The Morgan fingerprint density at radius 3 is 3.11 bits per heavy atom. The first-order chi connectivity index (χ1) is 9.43. The number of hydrogen-bond acceptors (Lipinski definition) is 3. The Morgan fingerprint density at radius 2 is 2.21 bits per heavy atom. The van der Waals surface area contributed by atoms with Crippen LogP contribution in [0.1, 0.15) is 24.8 Å². The molecule has 4 nitrogen and oxygen atoms in total. The standard InChI is InChI=1S/C15H22N4/c1-2-9-19(8-1)10-4-6-16-11-13-12-18-15-14(13)5-3-7-17-15/h3,5,7,12,16H,1-2,4,6,8-11H2,(H,17,18). The number of aromatic nitrogens is 2. The summed E-state index contributed by atoms with van der Waals surface area (Å²) < 4.78 is 0. The van der Waals surface area contributed by atoms with Gasteiger partial charge in [0.2, 0.25) is 0 Å². The fourth-order valence-corrected chi connectivity index (χ4v) is 2.82. The zero-order valence-corrected chi connectivity index (χ0v) is 11.4. The van der Waals surface area contributed by atoms with Crippen LogP contribution in [0.3, 0.4) is 0 Å². The summed E-state index contributed by atoms with van der Waals surface area (Å²) in [5.74, 6) is 0. The SMILES string of the molecule is c1cnc2[nH]cc(CNCCCN3CCCC3)c2c1. The average Bonchev–Trinajstić information content (AvgIpc) is 3.08. The third-order valence-electron chi connectivity index (χ3n) is 3.88. The number of nitrogens with one attached hydrogen (secondary N) is 2. The van der Waals surface area contributed by atoms with E-state index in [4.69, 9.17) is 0 Å². The van der Waals surface area contributed by atoms with Crippen LogP contribution in [-0.4, -0.2) is 41.0 Å². The van der Waals surface area contributed by atoms with E-state index in [1.54, 1.807) is 0 Å². The Labute approximate surface area is 114 Å². The minimum atomic E-state index is 0.922. The quantitative estimate of drug-likeness (QED) is 0.780. The molecule has 3 heterocycles. The minimum Gasteiger partial charge on any atom is -0.346 e. The number of H-pyrrole nitrogens is 1. The Balaban J connectivity index is 1.42. The summed E-state index contributed by atoms with van der Waals surface area (Å²) in [5.41, 5.74) is 2.29. The number of rotatable bonds is 6. The first-order valence-electron chi connectivity index (χ1n) is 7.27. The van der Waals surface area contributed by atoms with Gasteiger partial charge in [0.05, 0.1) is 0 Å². The average molecular weight is 258 g/mol. The van der Waals surface area contributed by atoms with Crippen molar-refractivity contribution in [2.75, 3.05) is 26.2 Å². The molecule has 3 rings (SSSR count). The van der Waals surface area contributed by atoms with Crippen molar-refractivity contribution in [3.63, 3.8) is 0 Å². The van der Waals surface area contributed by atoms with Gasteiger partial charge in [0.15, 0.2) is 0 Å². The number of hydrogen-bond donors (Lipinski definition) is 2. The molecule has 0 amide bonds. The van der Waals surface area contributed by atoms with Gasteiger partial charge in [0, 0.05) is 24.3 Å². The topological polar surface area (TPSA) is 44.0 Å². The number of nitrogens with zero attached hydrogens (tertiary/aromatic N) is 2. The van der Waals surface area contributed by atoms with Crippen molar-refractivity contribution < 1.29 is 0 Å². The zero-order valence-electron chi connectivity index (χ0n) is 11.4. The summed E-state index contributed by atoms with van der Waals surface area (Å²) in [4.78, 5) is 10.1. The molecular formula is C15H22N4. The molecule has 0 bridgehead atoms. The fourth-order valence-electron chi connectivity index (χ4n) is 2.82. The normalized spacial score (nSPS) is 16.4. The number of fused-ring (bicyclic) bond motifs is 1. The van der Waals surface area contributed by atoms with Gasteiger partial charge in [0.1, 0.15) is 5.65 Å². The lowest BCUT2D eigenvalue weighted by Crippen LogP contribution is -2.24. The van der Waals surface area contributed by atoms with Crippen molar-refractivity contribution in [1.82, 2.24) is 20.2 Å². The summed E-state index contributed by atoms with van der Waals surface area (Å²) >= 11 is 0. The van der Waals surface area contributed by atoms with Crippen LogP contribution < -0.4 is 5.32 Å². The van der Waals surface area contributed by atoms with E-state index < -0.39 is 0 Å². The van der Waals surface area contributed by atoms with Crippen molar-refractivity contribution >= 4 is 11.0 Å². The van der Waals surface area contributed by atoms with Gasteiger partial charge >= 0.3 is 0 Å². The molecule has 0 aliphatic carbocycles. The Hall–Kier alpha value is -1.39. The highest BCUT2D eigenvalue weighted by atomic mass is 15.1. The highest BCUT2D eigenvalue weighted by molar-refractivity contribution is 5.79. The Morgan fingerprint density at radius 1 is 1.32 bits per heavy atom. The minimum absolute atomic E-state index is 0.922. The van der Waals surface area contributed by atoms with Gasteiger partial charge in [-0.15, -0.1) is 0 Å². The van der Waals surface area contributed by atoms with E-state index >= 15 is 0 Å². The van der Waals surface area contributed by atoms with Gasteiger partial charge in [-0.2, -0.15) is 0 Å². The van der Waals surface area contributed by atoms with Crippen LogP contribution in [0.25, 0.3) is 11.0 Å². The maximum atomic E-state index is 4.31. The molecule has 0 radical (unpaired) electrons. The van der Waals surface area contributed by atoms with Gasteiger partial charge in [-0.05, 0) is 63.1 Å². The number of pyridine rings is 1. The Kier molecular flexibility index (Phi) is 4.10. The highest BCUT2D eigenvalue weighted by Gasteiger charge is 2.10. The van der Waals surface area contributed by atoms with E-state index in [9.17, 15) is 0 Å². The van der Waals surface area contributed by atoms with Crippen LogP contribution in [0.5, 0.6) is 0 Å². The monoisotopic (exact) mass is 258 g/mol. The van der Waals surface area contributed by atoms with Crippen molar-refractivity contribution in [3.05, 3.63) is 30.1 Å². The molecule has 0 unspecified atom stereocenters. The van der Waals surface area contributed by atoms with E-state index in [2.05, 4.69) is 32.4 Å². The van der Waals surface area contributed by atoms with Crippen molar-refractivity contribution in [2.45, 2.75) is 25.8 Å². The van der Waals surface area contributed by atoms with E-state index in [0.29, 0.717) is 0 Å². The molecule has 4 heteroatoms. The third kappa shape index (κ3) is 3.14. The first kappa shape index (κ1) is 12.6. The lowest BCUT2D eigenvalue weighted by molar-refractivity contribution is 0.331. The second-order valence-electron chi connectivity index (χ2n) is 5.29. The molecule has 1 fully saturated rings.